The molecule has 2 aliphatic heterocycles. The Bertz CT molecular complexity index is 759. The van der Waals surface area contributed by atoms with Crippen molar-refractivity contribution in [2.45, 2.75) is 32.7 Å². The Morgan fingerprint density at radius 3 is 2.88 bits per heavy atom. The van der Waals surface area contributed by atoms with Gasteiger partial charge >= 0.3 is 0 Å². The second-order valence-corrected chi connectivity index (χ2v) is 6.67. The number of aromatic nitrogens is 3. The van der Waals surface area contributed by atoms with Gasteiger partial charge in [0.15, 0.2) is 5.69 Å². The lowest BCUT2D eigenvalue weighted by Gasteiger charge is -2.38. The number of amides is 1. The number of anilines is 1. The highest BCUT2D eigenvalue weighted by atomic mass is 16.5. The summed E-state index contributed by atoms with van der Waals surface area (Å²) in [6, 6.07) is 3.79. The number of carbonyl (C=O) groups is 1. The third-order valence-electron chi connectivity index (χ3n) is 5.04. The first kappa shape index (κ1) is 15.1. The Morgan fingerprint density at radius 1 is 1.29 bits per heavy atom. The van der Waals surface area contributed by atoms with Gasteiger partial charge in [0, 0.05) is 37.6 Å². The molecule has 2 saturated heterocycles. The standard InChI is InChI=1S/C17H21N5O2/c1-11-3-6-18-17(19-11)21-7-4-13-5-8-22(15(13)10-21)16(23)14-9-12(2)24-20-14/h3,6,9,13,15H,4-5,7-8,10H2,1-2H3. The SMILES string of the molecule is Cc1ccnc(N2CCC3CCN(C(=O)c4cc(C)on4)C3C2)n1. The first-order valence-corrected chi connectivity index (χ1v) is 8.40. The summed E-state index contributed by atoms with van der Waals surface area (Å²) >= 11 is 0. The lowest BCUT2D eigenvalue weighted by atomic mass is 9.92. The van der Waals surface area contributed by atoms with Crippen LogP contribution in [0.4, 0.5) is 5.95 Å². The van der Waals surface area contributed by atoms with Gasteiger partial charge in [0.2, 0.25) is 5.95 Å². The van der Waals surface area contributed by atoms with Crippen molar-refractivity contribution in [3.05, 3.63) is 35.5 Å². The zero-order chi connectivity index (χ0) is 16.7. The number of likely N-dealkylation sites (tertiary alicyclic amines) is 1. The van der Waals surface area contributed by atoms with Crippen molar-refractivity contribution in [2.24, 2.45) is 5.92 Å². The summed E-state index contributed by atoms with van der Waals surface area (Å²) in [5.74, 6) is 1.92. The van der Waals surface area contributed by atoms with Crippen LogP contribution < -0.4 is 4.90 Å². The molecule has 2 atom stereocenters. The Labute approximate surface area is 140 Å². The number of aryl methyl sites for hydroxylation is 2. The van der Waals surface area contributed by atoms with Crippen molar-refractivity contribution in [1.82, 2.24) is 20.0 Å². The van der Waals surface area contributed by atoms with Crippen LogP contribution in [0.1, 0.15) is 34.8 Å². The number of rotatable bonds is 2. The fraction of sp³-hybridized carbons (Fsp3) is 0.529. The van der Waals surface area contributed by atoms with E-state index in [0.29, 0.717) is 17.4 Å². The van der Waals surface area contributed by atoms with Crippen LogP contribution in [0.5, 0.6) is 0 Å². The summed E-state index contributed by atoms with van der Waals surface area (Å²) in [6.45, 7) is 6.26. The molecular formula is C17H21N5O2. The van der Waals surface area contributed by atoms with Gasteiger partial charge in [0.05, 0.1) is 6.04 Å². The average Bonchev–Trinajstić information content (AvgIpc) is 3.20. The summed E-state index contributed by atoms with van der Waals surface area (Å²) in [7, 11) is 0. The molecule has 24 heavy (non-hydrogen) atoms. The van der Waals surface area contributed by atoms with E-state index in [1.165, 1.54) is 0 Å². The van der Waals surface area contributed by atoms with Crippen molar-refractivity contribution in [3.8, 4) is 0 Å². The molecule has 2 unspecified atom stereocenters. The maximum Gasteiger partial charge on any atom is 0.276 e. The zero-order valence-corrected chi connectivity index (χ0v) is 14.0. The minimum absolute atomic E-state index is 0.0358. The van der Waals surface area contributed by atoms with Crippen molar-refractivity contribution in [1.29, 1.82) is 0 Å². The number of nitrogens with zero attached hydrogens (tertiary/aromatic N) is 5. The van der Waals surface area contributed by atoms with E-state index in [1.54, 1.807) is 19.2 Å². The maximum atomic E-state index is 12.8. The second-order valence-electron chi connectivity index (χ2n) is 6.67. The number of carbonyl (C=O) groups excluding carboxylic acids is 1. The lowest BCUT2D eigenvalue weighted by molar-refractivity contribution is 0.0701. The minimum Gasteiger partial charge on any atom is -0.361 e. The largest absolute Gasteiger partial charge is 0.361 e. The molecule has 0 spiro atoms. The van der Waals surface area contributed by atoms with Crippen LogP contribution in [-0.4, -0.2) is 51.6 Å². The molecule has 2 aromatic rings. The van der Waals surface area contributed by atoms with E-state index in [1.807, 2.05) is 17.9 Å². The highest BCUT2D eigenvalue weighted by molar-refractivity contribution is 5.92. The minimum atomic E-state index is -0.0358. The Balaban J connectivity index is 1.54. The van der Waals surface area contributed by atoms with Crippen LogP contribution in [0, 0.1) is 19.8 Å². The van der Waals surface area contributed by atoms with Gasteiger partial charge in [-0.2, -0.15) is 0 Å². The molecule has 7 nitrogen and oxygen atoms in total. The molecule has 2 aromatic heterocycles. The predicted molar refractivity (Wildman–Crippen MR) is 87.8 cm³/mol. The molecule has 126 valence electrons. The van der Waals surface area contributed by atoms with Gasteiger partial charge in [-0.05, 0) is 38.7 Å². The Morgan fingerprint density at radius 2 is 2.12 bits per heavy atom. The molecule has 0 N–H and O–H groups in total. The number of hydrogen-bond acceptors (Lipinski definition) is 6. The fourth-order valence-corrected chi connectivity index (χ4v) is 3.78. The van der Waals surface area contributed by atoms with Crippen LogP contribution in [-0.2, 0) is 0 Å². The summed E-state index contributed by atoms with van der Waals surface area (Å²) in [5.41, 5.74) is 1.36. The molecular weight excluding hydrogens is 306 g/mol. The molecule has 0 bridgehead atoms. The predicted octanol–water partition coefficient (Wildman–Crippen LogP) is 1.82. The molecule has 4 heterocycles. The third kappa shape index (κ3) is 2.64. The molecule has 2 aliphatic rings. The van der Waals surface area contributed by atoms with Gasteiger partial charge in [-0.15, -0.1) is 0 Å². The summed E-state index contributed by atoms with van der Waals surface area (Å²) in [6.07, 6.45) is 3.90. The summed E-state index contributed by atoms with van der Waals surface area (Å²) < 4.78 is 5.06. The molecule has 7 heteroatoms. The van der Waals surface area contributed by atoms with Crippen molar-refractivity contribution in [3.63, 3.8) is 0 Å². The van der Waals surface area contributed by atoms with Gasteiger partial charge in [0.25, 0.3) is 5.91 Å². The van der Waals surface area contributed by atoms with Crippen molar-refractivity contribution < 1.29 is 9.32 Å². The number of fused-ring (bicyclic) bond motifs is 1. The fourth-order valence-electron chi connectivity index (χ4n) is 3.78. The molecule has 0 saturated carbocycles. The van der Waals surface area contributed by atoms with Gasteiger partial charge in [0.1, 0.15) is 5.76 Å². The first-order valence-electron chi connectivity index (χ1n) is 8.40. The highest BCUT2D eigenvalue weighted by Crippen LogP contribution is 2.33. The molecule has 0 aromatic carbocycles. The van der Waals surface area contributed by atoms with E-state index in [4.69, 9.17) is 4.52 Å². The molecule has 0 aliphatic carbocycles. The van der Waals surface area contributed by atoms with Crippen LogP contribution in [0.2, 0.25) is 0 Å². The maximum absolute atomic E-state index is 12.8. The first-order chi connectivity index (χ1) is 11.6. The monoisotopic (exact) mass is 327 g/mol. The average molecular weight is 327 g/mol. The van der Waals surface area contributed by atoms with E-state index >= 15 is 0 Å². The lowest BCUT2D eigenvalue weighted by Crippen LogP contribution is -2.50. The van der Waals surface area contributed by atoms with E-state index in [2.05, 4.69) is 20.0 Å². The quantitative estimate of drug-likeness (QED) is 0.837. The third-order valence-corrected chi connectivity index (χ3v) is 5.04. The Kier molecular flexibility index (Phi) is 3.70. The van der Waals surface area contributed by atoms with Gasteiger partial charge in [-0.1, -0.05) is 5.16 Å². The normalized spacial score (nSPS) is 23.4. The van der Waals surface area contributed by atoms with Crippen molar-refractivity contribution in [2.75, 3.05) is 24.5 Å². The van der Waals surface area contributed by atoms with Crippen LogP contribution in [0.25, 0.3) is 0 Å². The van der Waals surface area contributed by atoms with Crippen LogP contribution in [0.15, 0.2) is 22.9 Å². The Hall–Kier alpha value is -2.44. The van der Waals surface area contributed by atoms with Crippen LogP contribution in [0.3, 0.4) is 0 Å². The molecule has 1 amide bonds. The van der Waals surface area contributed by atoms with E-state index in [0.717, 1.165) is 44.1 Å². The molecule has 2 fully saturated rings. The van der Waals surface area contributed by atoms with Gasteiger partial charge < -0.3 is 14.3 Å². The summed E-state index contributed by atoms with van der Waals surface area (Å²) in [4.78, 5) is 25.8. The second kappa shape index (κ2) is 5.89. The van der Waals surface area contributed by atoms with Crippen molar-refractivity contribution >= 4 is 11.9 Å². The molecule has 4 rings (SSSR count). The van der Waals surface area contributed by atoms with E-state index in [9.17, 15) is 4.79 Å². The van der Waals surface area contributed by atoms with Crippen LogP contribution >= 0.6 is 0 Å². The number of piperidine rings is 1. The van der Waals surface area contributed by atoms with E-state index in [-0.39, 0.29) is 11.9 Å². The molecule has 0 radical (unpaired) electrons. The number of hydrogen-bond donors (Lipinski definition) is 0. The highest BCUT2D eigenvalue weighted by Gasteiger charge is 2.42. The smallest absolute Gasteiger partial charge is 0.276 e. The van der Waals surface area contributed by atoms with Gasteiger partial charge in [-0.25, -0.2) is 9.97 Å². The van der Waals surface area contributed by atoms with E-state index < -0.39 is 0 Å². The topological polar surface area (TPSA) is 75.4 Å². The zero-order valence-electron chi connectivity index (χ0n) is 14.0. The van der Waals surface area contributed by atoms with Gasteiger partial charge in [-0.3, -0.25) is 4.79 Å². The summed E-state index contributed by atoms with van der Waals surface area (Å²) in [5, 5.41) is 3.88.